The van der Waals surface area contributed by atoms with Crippen molar-refractivity contribution in [2.24, 2.45) is 5.14 Å². The van der Waals surface area contributed by atoms with Gasteiger partial charge in [-0.15, -0.1) is 0 Å². The number of sulfone groups is 1. The average Bonchev–Trinajstić information content (AvgIpc) is 2.71. The lowest BCUT2D eigenvalue weighted by Crippen LogP contribution is -2.16. The maximum atomic E-state index is 11.5. The Balaban J connectivity index is 2.37. The van der Waals surface area contributed by atoms with E-state index in [1.54, 1.807) is 18.5 Å². The van der Waals surface area contributed by atoms with Crippen molar-refractivity contribution in [2.75, 3.05) is 11.5 Å². The highest BCUT2D eigenvalue weighted by Crippen LogP contribution is 2.27. The van der Waals surface area contributed by atoms with E-state index in [4.69, 9.17) is 5.14 Å². The van der Waals surface area contributed by atoms with Crippen LogP contribution in [0.3, 0.4) is 0 Å². The first-order valence-electron chi connectivity index (χ1n) is 5.84. The molecule has 2 rings (SSSR count). The van der Waals surface area contributed by atoms with Crippen molar-refractivity contribution >= 4 is 19.9 Å². The van der Waals surface area contributed by atoms with Crippen LogP contribution >= 0.6 is 0 Å². The molecule has 9 heteroatoms. The number of primary sulfonamides is 1. The van der Waals surface area contributed by atoms with Gasteiger partial charge in [-0.1, -0.05) is 0 Å². The zero-order valence-electron chi connectivity index (χ0n) is 10.8. The Hall–Kier alpha value is -0.930. The lowest BCUT2D eigenvalue weighted by atomic mass is 10.2. The van der Waals surface area contributed by atoms with Crippen LogP contribution in [0.2, 0.25) is 0 Å². The lowest BCUT2D eigenvalue weighted by molar-refractivity contribution is 0.485. The van der Waals surface area contributed by atoms with Gasteiger partial charge in [-0.05, 0) is 20.3 Å². The van der Waals surface area contributed by atoms with Gasteiger partial charge in [0.05, 0.1) is 29.0 Å². The summed E-state index contributed by atoms with van der Waals surface area (Å²) in [6.45, 7) is 3.44. The maximum Gasteiger partial charge on any atom is 0.213 e. The van der Waals surface area contributed by atoms with Crippen LogP contribution in [0.15, 0.2) is 0 Å². The predicted octanol–water partition coefficient (Wildman–Crippen LogP) is -0.352. The average molecular weight is 307 g/mol. The fraction of sp³-hybridized carbons (Fsp3) is 0.700. The SMILES string of the molecule is Cc1nn(C2CCS(=O)(=O)C2)c(C)c1CS(N)(=O)=O. The first-order chi connectivity index (χ1) is 8.59. The summed E-state index contributed by atoms with van der Waals surface area (Å²) in [5.74, 6) is -0.0611. The molecule has 1 aromatic heterocycles. The molecule has 0 bridgehead atoms. The van der Waals surface area contributed by atoms with Gasteiger partial charge in [0.15, 0.2) is 9.84 Å². The summed E-state index contributed by atoms with van der Waals surface area (Å²) >= 11 is 0. The van der Waals surface area contributed by atoms with Crippen LogP contribution < -0.4 is 5.14 Å². The number of nitrogens with zero attached hydrogens (tertiary/aromatic N) is 2. The number of nitrogens with two attached hydrogens (primary N) is 1. The van der Waals surface area contributed by atoms with Crippen LogP contribution in [-0.2, 0) is 25.6 Å². The second-order valence-corrected chi connectivity index (χ2v) is 8.80. The Labute approximate surface area is 112 Å². The number of hydrogen-bond acceptors (Lipinski definition) is 5. The van der Waals surface area contributed by atoms with E-state index in [-0.39, 0.29) is 23.3 Å². The van der Waals surface area contributed by atoms with Gasteiger partial charge in [0.25, 0.3) is 0 Å². The molecule has 108 valence electrons. The molecular weight excluding hydrogens is 290 g/mol. The molecule has 7 nitrogen and oxygen atoms in total. The van der Waals surface area contributed by atoms with E-state index < -0.39 is 19.9 Å². The highest BCUT2D eigenvalue weighted by atomic mass is 32.2. The molecule has 0 amide bonds. The van der Waals surface area contributed by atoms with Gasteiger partial charge >= 0.3 is 0 Å². The summed E-state index contributed by atoms with van der Waals surface area (Å²) in [5, 5.41) is 9.32. The molecule has 1 unspecified atom stereocenters. The first-order valence-corrected chi connectivity index (χ1v) is 9.38. The smallest absolute Gasteiger partial charge is 0.213 e. The van der Waals surface area contributed by atoms with E-state index in [1.807, 2.05) is 0 Å². The maximum absolute atomic E-state index is 11.5. The van der Waals surface area contributed by atoms with Gasteiger partial charge in [-0.2, -0.15) is 5.10 Å². The second kappa shape index (κ2) is 4.57. The van der Waals surface area contributed by atoms with Gasteiger partial charge in [-0.25, -0.2) is 22.0 Å². The van der Waals surface area contributed by atoms with Crippen molar-refractivity contribution in [3.05, 3.63) is 17.0 Å². The van der Waals surface area contributed by atoms with Crippen molar-refractivity contribution in [1.29, 1.82) is 0 Å². The summed E-state index contributed by atoms with van der Waals surface area (Å²) in [5.41, 5.74) is 1.82. The summed E-state index contributed by atoms with van der Waals surface area (Å²) in [7, 11) is -6.63. The first kappa shape index (κ1) is 14.5. The molecule has 1 fully saturated rings. The molecule has 0 aliphatic carbocycles. The molecule has 1 atom stereocenters. The second-order valence-electron chi connectivity index (χ2n) is 4.96. The van der Waals surface area contributed by atoms with E-state index in [1.165, 1.54) is 0 Å². The van der Waals surface area contributed by atoms with Crippen molar-refractivity contribution in [1.82, 2.24) is 9.78 Å². The molecule has 19 heavy (non-hydrogen) atoms. The molecule has 0 saturated carbocycles. The van der Waals surface area contributed by atoms with E-state index in [9.17, 15) is 16.8 Å². The van der Waals surface area contributed by atoms with Gasteiger partial charge in [0.1, 0.15) is 0 Å². The monoisotopic (exact) mass is 307 g/mol. The van der Waals surface area contributed by atoms with Crippen LogP contribution in [0, 0.1) is 13.8 Å². The number of hydrogen-bond donors (Lipinski definition) is 1. The fourth-order valence-corrected chi connectivity index (χ4v) is 4.94. The van der Waals surface area contributed by atoms with E-state index in [0.29, 0.717) is 23.4 Å². The van der Waals surface area contributed by atoms with E-state index >= 15 is 0 Å². The number of sulfonamides is 1. The predicted molar refractivity (Wildman–Crippen MR) is 70.8 cm³/mol. The third-order valence-corrected chi connectivity index (χ3v) is 5.82. The minimum Gasteiger partial charge on any atom is -0.265 e. The van der Waals surface area contributed by atoms with Crippen LogP contribution in [0.4, 0.5) is 0 Å². The molecular formula is C10H17N3O4S2. The third-order valence-electron chi connectivity index (χ3n) is 3.37. The van der Waals surface area contributed by atoms with Crippen LogP contribution in [0.5, 0.6) is 0 Å². The van der Waals surface area contributed by atoms with Crippen LogP contribution in [-0.4, -0.2) is 38.1 Å². The summed E-state index contributed by atoms with van der Waals surface area (Å²) < 4.78 is 47.0. The number of rotatable bonds is 3. The van der Waals surface area contributed by atoms with E-state index in [2.05, 4.69) is 5.10 Å². The zero-order chi connectivity index (χ0) is 14.4. The summed E-state index contributed by atoms with van der Waals surface area (Å²) in [4.78, 5) is 0. The third kappa shape index (κ3) is 3.15. The molecule has 1 aliphatic rings. The summed E-state index contributed by atoms with van der Waals surface area (Å²) in [6.07, 6.45) is 0.513. The zero-order valence-corrected chi connectivity index (χ0v) is 12.5. The molecule has 1 saturated heterocycles. The molecule has 0 spiro atoms. The van der Waals surface area contributed by atoms with Crippen molar-refractivity contribution < 1.29 is 16.8 Å². The Morgan fingerprint density at radius 3 is 2.53 bits per heavy atom. The molecule has 2 heterocycles. The molecule has 1 aliphatic heterocycles. The minimum atomic E-state index is -3.63. The largest absolute Gasteiger partial charge is 0.265 e. The highest BCUT2D eigenvalue weighted by molar-refractivity contribution is 7.91. The number of aryl methyl sites for hydroxylation is 1. The Morgan fingerprint density at radius 1 is 1.42 bits per heavy atom. The van der Waals surface area contributed by atoms with Crippen LogP contribution in [0.25, 0.3) is 0 Å². The van der Waals surface area contributed by atoms with Gasteiger partial charge < -0.3 is 0 Å². The van der Waals surface area contributed by atoms with E-state index in [0.717, 1.165) is 0 Å². The topological polar surface area (TPSA) is 112 Å². The highest BCUT2D eigenvalue weighted by Gasteiger charge is 2.31. The quantitative estimate of drug-likeness (QED) is 0.820. The summed E-state index contributed by atoms with van der Waals surface area (Å²) in [6, 6.07) is -0.210. The minimum absolute atomic E-state index is 0.0593. The van der Waals surface area contributed by atoms with Crippen molar-refractivity contribution in [2.45, 2.75) is 32.1 Å². The van der Waals surface area contributed by atoms with Crippen molar-refractivity contribution in [3.8, 4) is 0 Å². The Bertz CT molecular complexity index is 703. The molecule has 2 N–H and O–H groups in total. The van der Waals surface area contributed by atoms with Gasteiger partial charge in [-0.3, -0.25) is 4.68 Å². The molecule has 1 aromatic rings. The fourth-order valence-electron chi connectivity index (χ4n) is 2.43. The number of aromatic nitrogens is 2. The normalized spacial score (nSPS) is 22.8. The molecule has 0 aromatic carbocycles. The lowest BCUT2D eigenvalue weighted by Gasteiger charge is -2.11. The van der Waals surface area contributed by atoms with Gasteiger partial charge in [0, 0.05) is 11.3 Å². The van der Waals surface area contributed by atoms with Crippen molar-refractivity contribution in [3.63, 3.8) is 0 Å². The Kier molecular flexibility index (Phi) is 3.48. The standard InChI is InChI=1S/C10H17N3O4S2/c1-7-10(6-19(11,16)17)8(2)13(12-7)9-3-4-18(14,15)5-9/h9H,3-6H2,1-2H3,(H2,11,16,17). The molecule has 0 radical (unpaired) electrons. The Morgan fingerprint density at radius 2 is 2.05 bits per heavy atom. The van der Waals surface area contributed by atoms with Crippen LogP contribution in [0.1, 0.15) is 29.4 Å². The van der Waals surface area contributed by atoms with Gasteiger partial charge in [0.2, 0.25) is 10.0 Å².